The lowest BCUT2D eigenvalue weighted by molar-refractivity contribution is 0.0690. The van der Waals surface area contributed by atoms with Crippen LogP contribution in [0.5, 0.6) is 0 Å². The van der Waals surface area contributed by atoms with E-state index in [0.717, 1.165) is 11.3 Å². The average molecular weight is 258 g/mol. The summed E-state index contributed by atoms with van der Waals surface area (Å²) in [5, 5.41) is 11.1. The first-order chi connectivity index (χ1) is 8.68. The first-order valence-corrected chi connectivity index (χ1v) is 6.31. The summed E-state index contributed by atoms with van der Waals surface area (Å²) in [5.41, 5.74) is 2.82. The maximum atomic E-state index is 11.1. The quantitative estimate of drug-likeness (QED) is 0.768. The number of thiazole rings is 1. The van der Waals surface area contributed by atoms with Gasteiger partial charge in [-0.2, -0.15) is 0 Å². The minimum Gasteiger partial charge on any atom is -0.476 e. The Morgan fingerprint density at radius 1 is 1.33 bits per heavy atom. The van der Waals surface area contributed by atoms with Gasteiger partial charge in [0, 0.05) is 5.38 Å². The second-order valence-corrected chi connectivity index (χ2v) is 4.79. The van der Waals surface area contributed by atoms with E-state index in [1.165, 1.54) is 11.3 Å². The Hall–Kier alpha value is -2.14. The Morgan fingerprint density at radius 2 is 2.06 bits per heavy atom. The molecule has 0 fully saturated rings. The number of rotatable bonds is 2. The number of fused-ring (bicyclic) bond motifs is 1. The maximum absolute atomic E-state index is 11.1. The van der Waals surface area contributed by atoms with Gasteiger partial charge < -0.3 is 5.11 Å². The monoisotopic (exact) mass is 258 g/mol. The van der Waals surface area contributed by atoms with Crippen LogP contribution < -0.4 is 0 Å². The summed E-state index contributed by atoms with van der Waals surface area (Å²) in [5.74, 6) is -0.984. The van der Waals surface area contributed by atoms with Crippen molar-refractivity contribution in [3.63, 3.8) is 0 Å². The summed E-state index contributed by atoms with van der Waals surface area (Å²) in [6, 6.07) is 9.88. The molecule has 0 aliphatic heterocycles. The minimum atomic E-state index is -0.984. The molecule has 0 aliphatic carbocycles. The molecule has 0 radical (unpaired) electrons. The van der Waals surface area contributed by atoms with Gasteiger partial charge in [-0.25, -0.2) is 9.78 Å². The third kappa shape index (κ3) is 1.52. The van der Waals surface area contributed by atoms with Gasteiger partial charge in [0.2, 0.25) is 0 Å². The summed E-state index contributed by atoms with van der Waals surface area (Å²) >= 11 is 1.45. The standard InChI is InChI=1S/C13H10N2O2S/c1-8-11(12(16)17)14-13-15(8)10(7-18-13)9-5-3-2-4-6-9/h2-7H,1H3,(H,16,17). The SMILES string of the molecule is Cc1c(C(=O)O)nc2scc(-c3ccccc3)n12. The number of imidazole rings is 1. The lowest BCUT2D eigenvalue weighted by Gasteiger charge is -2.01. The van der Waals surface area contributed by atoms with E-state index in [9.17, 15) is 4.79 Å². The predicted octanol–water partition coefficient (Wildman–Crippen LogP) is 3.07. The zero-order valence-corrected chi connectivity index (χ0v) is 10.4. The number of carboxylic acids is 1. The largest absolute Gasteiger partial charge is 0.476 e. The van der Waals surface area contributed by atoms with E-state index in [2.05, 4.69) is 4.98 Å². The van der Waals surface area contributed by atoms with E-state index >= 15 is 0 Å². The van der Waals surface area contributed by atoms with E-state index in [1.54, 1.807) is 6.92 Å². The fourth-order valence-electron chi connectivity index (χ4n) is 2.01. The number of nitrogens with zero attached hydrogens (tertiary/aromatic N) is 2. The summed E-state index contributed by atoms with van der Waals surface area (Å²) in [7, 11) is 0. The van der Waals surface area contributed by atoms with Crippen LogP contribution in [0, 0.1) is 6.92 Å². The van der Waals surface area contributed by atoms with Crippen LogP contribution >= 0.6 is 11.3 Å². The van der Waals surface area contributed by atoms with Gasteiger partial charge >= 0.3 is 5.97 Å². The van der Waals surface area contributed by atoms with E-state index in [1.807, 2.05) is 40.1 Å². The molecule has 18 heavy (non-hydrogen) atoms. The van der Waals surface area contributed by atoms with Crippen molar-refractivity contribution in [2.24, 2.45) is 0 Å². The molecular weight excluding hydrogens is 248 g/mol. The molecule has 3 aromatic rings. The number of aromatic nitrogens is 2. The summed E-state index contributed by atoms with van der Waals surface area (Å²) in [4.78, 5) is 15.9. The van der Waals surface area contributed by atoms with Crippen LogP contribution in [0.25, 0.3) is 16.2 Å². The highest BCUT2D eigenvalue weighted by molar-refractivity contribution is 7.15. The van der Waals surface area contributed by atoms with Crippen molar-refractivity contribution in [3.8, 4) is 11.3 Å². The number of aryl methyl sites for hydroxylation is 1. The molecule has 0 unspecified atom stereocenters. The topological polar surface area (TPSA) is 54.6 Å². The van der Waals surface area contributed by atoms with E-state index in [4.69, 9.17) is 5.11 Å². The molecule has 5 heteroatoms. The lowest BCUT2D eigenvalue weighted by atomic mass is 10.2. The van der Waals surface area contributed by atoms with Crippen LogP contribution in [0.15, 0.2) is 35.7 Å². The van der Waals surface area contributed by atoms with Crippen molar-refractivity contribution >= 4 is 22.3 Å². The van der Waals surface area contributed by atoms with Crippen molar-refractivity contribution in [3.05, 3.63) is 47.1 Å². The molecule has 0 saturated carbocycles. The molecule has 2 aromatic heterocycles. The van der Waals surface area contributed by atoms with Crippen LogP contribution in [-0.2, 0) is 0 Å². The van der Waals surface area contributed by atoms with Crippen molar-refractivity contribution in [2.45, 2.75) is 6.92 Å². The minimum absolute atomic E-state index is 0.124. The van der Waals surface area contributed by atoms with Gasteiger partial charge in [-0.1, -0.05) is 30.3 Å². The predicted molar refractivity (Wildman–Crippen MR) is 70.2 cm³/mol. The number of carboxylic acid groups (broad SMARTS) is 1. The van der Waals surface area contributed by atoms with Crippen LogP contribution in [0.2, 0.25) is 0 Å². The van der Waals surface area contributed by atoms with Crippen LogP contribution in [0.1, 0.15) is 16.2 Å². The molecule has 90 valence electrons. The first-order valence-electron chi connectivity index (χ1n) is 5.43. The molecular formula is C13H10N2O2S. The number of aromatic carboxylic acids is 1. The van der Waals surface area contributed by atoms with E-state index < -0.39 is 5.97 Å². The molecule has 0 spiro atoms. The zero-order valence-electron chi connectivity index (χ0n) is 9.62. The van der Waals surface area contributed by atoms with Crippen LogP contribution in [0.3, 0.4) is 0 Å². The van der Waals surface area contributed by atoms with Crippen molar-refractivity contribution in [1.82, 2.24) is 9.38 Å². The van der Waals surface area contributed by atoms with E-state index in [-0.39, 0.29) is 5.69 Å². The zero-order chi connectivity index (χ0) is 12.7. The first kappa shape index (κ1) is 11.0. The number of hydrogen-bond donors (Lipinski definition) is 1. The summed E-state index contributed by atoms with van der Waals surface area (Å²) < 4.78 is 1.89. The highest BCUT2D eigenvalue weighted by Crippen LogP contribution is 2.28. The number of carbonyl (C=O) groups is 1. The summed E-state index contributed by atoms with van der Waals surface area (Å²) in [6.45, 7) is 1.78. The Morgan fingerprint density at radius 3 is 2.72 bits per heavy atom. The fourth-order valence-corrected chi connectivity index (χ4v) is 2.95. The molecule has 0 amide bonds. The van der Waals surface area contributed by atoms with Crippen molar-refractivity contribution in [1.29, 1.82) is 0 Å². The van der Waals surface area contributed by atoms with Gasteiger partial charge in [0.1, 0.15) is 0 Å². The van der Waals surface area contributed by atoms with Gasteiger partial charge in [-0.3, -0.25) is 4.40 Å². The summed E-state index contributed by atoms with van der Waals surface area (Å²) in [6.07, 6.45) is 0. The lowest BCUT2D eigenvalue weighted by Crippen LogP contribution is -2.00. The fraction of sp³-hybridized carbons (Fsp3) is 0.0769. The van der Waals surface area contributed by atoms with Gasteiger partial charge in [0.25, 0.3) is 0 Å². The Balaban J connectivity index is 2.29. The van der Waals surface area contributed by atoms with E-state index in [0.29, 0.717) is 10.7 Å². The Bertz CT molecular complexity index is 728. The molecule has 3 rings (SSSR count). The Labute approximate surface area is 107 Å². The van der Waals surface area contributed by atoms with Gasteiger partial charge in [-0.05, 0) is 12.5 Å². The average Bonchev–Trinajstić information content (AvgIpc) is 2.91. The smallest absolute Gasteiger partial charge is 0.356 e. The highest BCUT2D eigenvalue weighted by Gasteiger charge is 2.18. The molecule has 1 N–H and O–H groups in total. The molecule has 1 aromatic carbocycles. The number of benzene rings is 1. The van der Waals surface area contributed by atoms with Gasteiger partial charge in [-0.15, -0.1) is 11.3 Å². The molecule has 0 atom stereocenters. The second-order valence-electron chi connectivity index (χ2n) is 3.96. The maximum Gasteiger partial charge on any atom is 0.356 e. The third-order valence-electron chi connectivity index (χ3n) is 2.87. The normalized spacial score (nSPS) is 10.9. The molecule has 4 nitrogen and oxygen atoms in total. The molecule has 0 saturated heterocycles. The highest BCUT2D eigenvalue weighted by atomic mass is 32.1. The third-order valence-corrected chi connectivity index (χ3v) is 3.69. The number of hydrogen-bond acceptors (Lipinski definition) is 3. The molecule has 2 heterocycles. The van der Waals surface area contributed by atoms with Crippen molar-refractivity contribution < 1.29 is 9.90 Å². The van der Waals surface area contributed by atoms with Crippen molar-refractivity contribution in [2.75, 3.05) is 0 Å². The second kappa shape index (κ2) is 3.96. The molecule has 0 aliphatic rings. The molecule has 0 bridgehead atoms. The van der Waals surface area contributed by atoms with Gasteiger partial charge in [0.05, 0.1) is 11.4 Å². The van der Waals surface area contributed by atoms with Crippen LogP contribution in [0.4, 0.5) is 0 Å². The van der Waals surface area contributed by atoms with Gasteiger partial charge in [0.15, 0.2) is 10.7 Å². The Kier molecular flexibility index (Phi) is 2.41. The van der Waals surface area contributed by atoms with Crippen LogP contribution in [-0.4, -0.2) is 20.5 Å².